The SMILES string of the molecule is CC(NC(c1nnnn1C1CCC(F)(F)CC1)C(C)(C)C1CC1)c1c(F)cccc1N(C)C. The third-order valence-electron chi connectivity index (χ3n) is 7.54. The van der Waals surface area contributed by atoms with Crippen LogP contribution in [0.4, 0.5) is 18.9 Å². The Morgan fingerprint density at radius 3 is 2.42 bits per heavy atom. The molecule has 33 heavy (non-hydrogen) atoms. The van der Waals surface area contributed by atoms with E-state index in [1.807, 2.05) is 32.0 Å². The van der Waals surface area contributed by atoms with Gasteiger partial charge < -0.3 is 4.90 Å². The van der Waals surface area contributed by atoms with Crippen LogP contribution in [0.1, 0.15) is 88.8 Å². The number of tetrazole rings is 1. The van der Waals surface area contributed by atoms with E-state index in [1.54, 1.807) is 10.7 Å². The molecule has 2 unspecified atom stereocenters. The van der Waals surface area contributed by atoms with Crippen molar-refractivity contribution in [3.63, 3.8) is 0 Å². The molecule has 4 rings (SSSR count). The lowest BCUT2D eigenvalue weighted by Gasteiger charge is -2.38. The molecule has 2 atom stereocenters. The first-order valence-corrected chi connectivity index (χ1v) is 11.9. The maximum Gasteiger partial charge on any atom is 0.248 e. The zero-order valence-corrected chi connectivity index (χ0v) is 20.2. The summed E-state index contributed by atoms with van der Waals surface area (Å²) in [5.74, 6) is -1.73. The summed E-state index contributed by atoms with van der Waals surface area (Å²) in [6, 6.07) is 4.37. The van der Waals surface area contributed by atoms with Crippen LogP contribution in [0.15, 0.2) is 18.2 Å². The highest BCUT2D eigenvalue weighted by atomic mass is 19.3. The number of hydrogen-bond donors (Lipinski definition) is 1. The summed E-state index contributed by atoms with van der Waals surface area (Å²) in [5, 5.41) is 16.2. The Morgan fingerprint density at radius 2 is 1.82 bits per heavy atom. The second-order valence-corrected chi connectivity index (χ2v) is 10.6. The Bertz CT molecular complexity index is 959. The highest BCUT2D eigenvalue weighted by Crippen LogP contribution is 2.52. The molecule has 0 aliphatic heterocycles. The highest BCUT2D eigenvalue weighted by molar-refractivity contribution is 5.54. The van der Waals surface area contributed by atoms with Crippen molar-refractivity contribution in [3.8, 4) is 0 Å². The van der Waals surface area contributed by atoms with Gasteiger partial charge in [0.1, 0.15) is 5.82 Å². The number of rotatable bonds is 8. The molecule has 1 aromatic carbocycles. The minimum Gasteiger partial charge on any atom is -0.377 e. The standard InChI is InChI=1S/C24H35F3N6/c1-15(20-18(25)7-6-8-19(20)32(4)5)28-21(23(2,3)16-9-10-16)22-29-30-31-33(22)17-11-13-24(26,27)14-12-17/h6-8,15-17,21,28H,9-14H2,1-5H3. The molecule has 2 saturated carbocycles. The second kappa shape index (κ2) is 8.89. The maximum atomic E-state index is 15.0. The molecule has 2 aliphatic rings. The fourth-order valence-corrected chi connectivity index (χ4v) is 5.28. The van der Waals surface area contributed by atoms with Gasteiger partial charge in [-0.25, -0.2) is 17.9 Å². The second-order valence-electron chi connectivity index (χ2n) is 10.6. The van der Waals surface area contributed by atoms with E-state index in [0.717, 1.165) is 18.5 Å². The predicted molar refractivity (Wildman–Crippen MR) is 122 cm³/mol. The maximum absolute atomic E-state index is 15.0. The number of nitrogens with zero attached hydrogens (tertiary/aromatic N) is 5. The minimum atomic E-state index is -2.61. The van der Waals surface area contributed by atoms with E-state index in [9.17, 15) is 13.2 Å². The Labute approximate surface area is 193 Å². The van der Waals surface area contributed by atoms with Crippen LogP contribution < -0.4 is 10.2 Å². The molecule has 1 heterocycles. The lowest BCUT2D eigenvalue weighted by atomic mass is 9.78. The number of nitrogens with one attached hydrogen (secondary N) is 1. The first-order valence-electron chi connectivity index (χ1n) is 11.9. The number of benzene rings is 1. The Balaban J connectivity index is 1.67. The van der Waals surface area contributed by atoms with Gasteiger partial charge in [0.2, 0.25) is 5.92 Å². The van der Waals surface area contributed by atoms with E-state index < -0.39 is 5.92 Å². The van der Waals surface area contributed by atoms with E-state index >= 15 is 0 Å². The van der Waals surface area contributed by atoms with Gasteiger partial charge in [-0.2, -0.15) is 0 Å². The molecule has 0 amide bonds. The summed E-state index contributed by atoms with van der Waals surface area (Å²) >= 11 is 0. The normalized spacial score (nSPS) is 21.1. The Hall–Kier alpha value is -2.16. The molecule has 0 saturated heterocycles. The van der Waals surface area contributed by atoms with Gasteiger partial charge in [-0.05, 0) is 66.5 Å². The molecule has 1 N–H and O–H groups in total. The van der Waals surface area contributed by atoms with Crippen molar-refractivity contribution in [3.05, 3.63) is 35.4 Å². The predicted octanol–water partition coefficient (Wildman–Crippen LogP) is 5.46. The first-order chi connectivity index (χ1) is 15.5. The van der Waals surface area contributed by atoms with Crippen molar-refractivity contribution in [2.24, 2.45) is 11.3 Å². The van der Waals surface area contributed by atoms with Crippen LogP contribution in [0.25, 0.3) is 0 Å². The van der Waals surface area contributed by atoms with Crippen LogP contribution in [0, 0.1) is 17.2 Å². The van der Waals surface area contributed by atoms with E-state index in [4.69, 9.17) is 0 Å². The minimum absolute atomic E-state index is 0.154. The topological polar surface area (TPSA) is 58.9 Å². The molecule has 2 aliphatic carbocycles. The number of anilines is 1. The van der Waals surface area contributed by atoms with E-state index in [1.165, 1.54) is 6.07 Å². The van der Waals surface area contributed by atoms with Gasteiger partial charge in [0.25, 0.3) is 0 Å². The van der Waals surface area contributed by atoms with Crippen molar-refractivity contribution in [1.29, 1.82) is 0 Å². The van der Waals surface area contributed by atoms with Crippen molar-refractivity contribution in [2.75, 3.05) is 19.0 Å². The van der Waals surface area contributed by atoms with E-state index in [2.05, 4.69) is 34.7 Å². The summed E-state index contributed by atoms with van der Waals surface area (Å²) < 4.78 is 44.3. The monoisotopic (exact) mass is 464 g/mol. The van der Waals surface area contributed by atoms with Crippen molar-refractivity contribution >= 4 is 5.69 Å². The summed E-state index contributed by atoms with van der Waals surface area (Å²) in [4.78, 5) is 1.91. The Kier molecular flexibility index (Phi) is 6.46. The fourth-order valence-electron chi connectivity index (χ4n) is 5.28. The molecule has 6 nitrogen and oxygen atoms in total. The zero-order chi connectivity index (χ0) is 24.0. The number of halogens is 3. The largest absolute Gasteiger partial charge is 0.377 e. The lowest BCUT2D eigenvalue weighted by molar-refractivity contribution is -0.0457. The van der Waals surface area contributed by atoms with Crippen LogP contribution >= 0.6 is 0 Å². The summed E-state index contributed by atoms with van der Waals surface area (Å²) in [5.41, 5.74) is 1.21. The summed E-state index contributed by atoms with van der Waals surface area (Å²) in [6.07, 6.45) is 2.63. The van der Waals surface area contributed by atoms with Gasteiger partial charge in [0, 0.05) is 44.2 Å². The molecular formula is C24H35F3N6. The van der Waals surface area contributed by atoms with Gasteiger partial charge in [-0.3, -0.25) is 5.32 Å². The highest BCUT2D eigenvalue weighted by Gasteiger charge is 2.47. The van der Waals surface area contributed by atoms with Gasteiger partial charge in [0.05, 0.1) is 12.1 Å². The lowest BCUT2D eigenvalue weighted by Crippen LogP contribution is -2.40. The van der Waals surface area contributed by atoms with Crippen molar-refractivity contribution in [2.45, 2.75) is 83.3 Å². The van der Waals surface area contributed by atoms with Gasteiger partial charge >= 0.3 is 0 Å². The summed E-state index contributed by atoms with van der Waals surface area (Å²) in [7, 11) is 3.80. The molecule has 0 bridgehead atoms. The molecule has 2 aromatic rings. The third-order valence-corrected chi connectivity index (χ3v) is 7.54. The van der Waals surface area contributed by atoms with Gasteiger partial charge in [-0.15, -0.1) is 5.10 Å². The quantitative estimate of drug-likeness (QED) is 0.562. The van der Waals surface area contributed by atoms with Gasteiger partial charge in [-0.1, -0.05) is 19.9 Å². The van der Waals surface area contributed by atoms with Crippen LogP contribution in [0.3, 0.4) is 0 Å². The van der Waals surface area contributed by atoms with Crippen molar-refractivity contribution in [1.82, 2.24) is 25.5 Å². The molecule has 9 heteroatoms. The molecule has 0 radical (unpaired) electrons. The van der Waals surface area contributed by atoms with Gasteiger partial charge in [0.15, 0.2) is 5.82 Å². The van der Waals surface area contributed by atoms with Crippen LogP contribution in [-0.4, -0.2) is 40.2 Å². The zero-order valence-electron chi connectivity index (χ0n) is 20.2. The molecular weight excluding hydrogens is 429 g/mol. The van der Waals surface area contributed by atoms with Crippen LogP contribution in [0.2, 0.25) is 0 Å². The smallest absolute Gasteiger partial charge is 0.248 e. The third kappa shape index (κ3) is 4.88. The Morgan fingerprint density at radius 1 is 1.15 bits per heavy atom. The first kappa shape index (κ1) is 24.0. The van der Waals surface area contributed by atoms with Crippen LogP contribution in [0.5, 0.6) is 0 Å². The molecule has 1 aromatic heterocycles. The molecule has 0 spiro atoms. The number of alkyl halides is 2. The number of hydrogen-bond acceptors (Lipinski definition) is 5. The van der Waals surface area contributed by atoms with Crippen LogP contribution in [-0.2, 0) is 0 Å². The average molecular weight is 465 g/mol. The van der Waals surface area contributed by atoms with E-state index in [0.29, 0.717) is 30.1 Å². The fraction of sp³-hybridized carbons (Fsp3) is 0.708. The average Bonchev–Trinajstić information content (AvgIpc) is 3.51. The number of aromatic nitrogens is 4. The van der Waals surface area contributed by atoms with Crippen molar-refractivity contribution < 1.29 is 13.2 Å². The molecule has 182 valence electrons. The van der Waals surface area contributed by atoms with E-state index in [-0.39, 0.29) is 42.2 Å². The summed E-state index contributed by atoms with van der Waals surface area (Å²) in [6.45, 7) is 6.34. The molecule has 2 fully saturated rings.